The van der Waals surface area contributed by atoms with Crippen LogP contribution in [0.25, 0.3) is 0 Å². The van der Waals surface area contributed by atoms with Crippen LogP contribution < -0.4 is 25.4 Å². The molecule has 1 aliphatic carbocycles. The molecule has 2 heterocycles. The number of benzene rings is 1. The highest BCUT2D eigenvalue weighted by Crippen LogP contribution is 2.32. The topological polar surface area (TPSA) is 107 Å². The molecule has 1 saturated carbocycles. The van der Waals surface area contributed by atoms with Crippen LogP contribution in [0.1, 0.15) is 34.3 Å². The molecule has 3 N–H and O–H groups in total. The van der Waals surface area contributed by atoms with E-state index in [0.29, 0.717) is 23.6 Å². The van der Waals surface area contributed by atoms with Crippen LogP contribution in [0, 0.1) is 0 Å². The molecule has 9 nitrogen and oxygen atoms in total. The van der Waals surface area contributed by atoms with Crippen molar-refractivity contribution in [2.75, 3.05) is 37.3 Å². The minimum absolute atomic E-state index is 0.0996. The Balaban J connectivity index is 1.57. The average molecular weight is 518 g/mol. The quantitative estimate of drug-likeness (QED) is 0.300. The monoisotopic (exact) mass is 517 g/mol. The van der Waals surface area contributed by atoms with Crippen LogP contribution in [0.3, 0.4) is 0 Å². The van der Waals surface area contributed by atoms with Gasteiger partial charge in [-0.2, -0.15) is 0 Å². The van der Waals surface area contributed by atoms with E-state index in [1.54, 1.807) is 18.2 Å². The molecule has 0 amide bonds. The van der Waals surface area contributed by atoms with Crippen molar-refractivity contribution in [2.24, 2.45) is 0 Å². The largest absolute Gasteiger partial charge is 0.497 e. The van der Waals surface area contributed by atoms with Gasteiger partial charge < -0.3 is 30.2 Å². The van der Waals surface area contributed by atoms with E-state index in [4.69, 9.17) is 14.2 Å². The average Bonchev–Trinajstić information content (AvgIpc) is 3.60. The van der Waals surface area contributed by atoms with Gasteiger partial charge in [-0.15, -0.1) is 0 Å². The molecule has 12 heteroatoms. The zero-order valence-corrected chi connectivity index (χ0v) is 20.3. The minimum Gasteiger partial charge on any atom is -0.497 e. The van der Waals surface area contributed by atoms with Gasteiger partial charge in [-0.3, -0.25) is 0 Å². The summed E-state index contributed by atoms with van der Waals surface area (Å²) in [6.07, 6.45) is -2.18. The maximum absolute atomic E-state index is 13.6. The zero-order valence-electron chi connectivity index (χ0n) is 20.3. The van der Waals surface area contributed by atoms with Gasteiger partial charge in [0, 0.05) is 36.9 Å². The molecule has 0 spiro atoms. The molecule has 2 atom stereocenters. The van der Waals surface area contributed by atoms with Gasteiger partial charge in [0.25, 0.3) is 6.43 Å². The second-order valence-electron chi connectivity index (χ2n) is 8.28. The number of carbonyl (C=O) groups excluding carboxylic acids is 1. The number of nitrogens with zero attached hydrogens (tertiary/aromatic N) is 2. The van der Waals surface area contributed by atoms with Gasteiger partial charge in [0.1, 0.15) is 40.7 Å². The summed E-state index contributed by atoms with van der Waals surface area (Å²) in [5, 5.41) is 8.86. The van der Waals surface area contributed by atoms with E-state index in [-0.39, 0.29) is 35.1 Å². The number of anilines is 4. The molecule has 0 aliphatic heterocycles. The molecule has 4 rings (SSSR count). The van der Waals surface area contributed by atoms with E-state index in [2.05, 4.69) is 25.9 Å². The third-order valence-corrected chi connectivity index (χ3v) is 5.60. The lowest BCUT2D eigenvalue weighted by Crippen LogP contribution is -2.12. The zero-order chi connectivity index (χ0) is 26.5. The van der Waals surface area contributed by atoms with Crippen LogP contribution in [0.5, 0.6) is 11.5 Å². The Labute approximate surface area is 211 Å². The van der Waals surface area contributed by atoms with Crippen molar-refractivity contribution in [2.45, 2.75) is 31.6 Å². The summed E-state index contributed by atoms with van der Waals surface area (Å²) < 4.78 is 56.0. The Morgan fingerprint density at radius 2 is 1.70 bits per heavy atom. The number of halogens is 3. The number of methoxy groups -OCH3 is 3. The number of hydrogen-bond donors (Lipinski definition) is 3. The van der Waals surface area contributed by atoms with Gasteiger partial charge >= 0.3 is 5.97 Å². The fourth-order valence-corrected chi connectivity index (χ4v) is 3.55. The summed E-state index contributed by atoms with van der Waals surface area (Å²) in [4.78, 5) is 20.6. The van der Waals surface area contributed by atoms with Crippen LogP contribution in [0.15, 0.2) is 42.6 Å². The van der Waals surface area contributed by atoms with Gasteiger partial charge in [-0.1, -0.05) is 0 Å². The minimum atomic E-state index is -2.75. The second-order valence-corrected chi connectivity index (χ2v) is 8.28. The van der Waals surface area contributed by atoms with Gasteiger partial charge in [-0.25, -0.2) is 27.9 Å². The molecule has 0 radical (unpaired) electrons. The predicted molar refractivity (Wildman–Crippen MR) is 132 cm³/mol. The Kier molecular flexibility index (Phi) is 7.85. The molecule has 3 aromatic rings. The van der Waals surface area contributed by atoms with Gasteiger partial charge in [0.05, 0.1) is 33.1 Å². The van der Waals surface area contributed by atoms with E-state index >= 15 is 0 Å². The molecule has 1 aromatic carbocycles. The number of aromatic nitrogens is 2. The molecule has 37 heavy (non-hydrogen) atoms. The Morgan fingerprint density at radius 1 is 1.03 bits per heavy atom. The van der Waals surface area contributed by atoms with Crippen molar-refractivity contribution in [3.05, 3.63) is 59.3 Å². The van der Waals surface area contributed by atoms with Crippen LogP contribution in [-0.2, 0) is 11.3 Å². The fraction of sp³-hybridized carbons (Fsp3) is 0.320. The lowest BCUT2D eigenvalue weighted by Gasteiger charge is -2.14. The standard InChI is InChI=1S/C25H26F3N5O4/c1-35-15-4-13(5-16(8-15)36-2)11-29-21-6-14(24(27)28)7-23(32-21)33-22-10-19(31-20-9-18(20)26)17(12-30-22)25(34)37-3/h4-8,10,12,18,20,24H,9,11H2,1-3H3,(H3,29,30,31,32,33)/t18-,20+/m0/s1. The molecule has 1 fully saturated rings. The first-order valence-corrected chi connectivity index (χ1v) is 11.3. The maximum Gasteiger partial charge on any atom is 0.341 e. The Bertz CT molecular complexity index is 1250. The second kappa shape index (κ2) is 11.2. The SMILES string of the molecule is COC(=O)c1cnc(Nc2cc(C(F)F)cc(NCc3cc(OC)cc(OC)c3)n2)cc1N[C@@H]1C[C@@H]1F. The first kappa shape index (κ1) is 25.9. The van der Waals surface area contributed by atoms with Gasteiger partial charge in [-0.05, 0) is 29.8 Å². The molecule has 196 valence electrons. The van der Waals surface area contributed by atoms with Crippen molar-refractivity contribution in [3.8, 4) is 11.5 Å². The number of ether oxygens (including phenoxy) is 3. The molecular formula is C25H26F3N5O4. The lowest BCUT2D eigenvalue weighted by atomic mass is 10.2. The highest BCUT2D eigenvalue weighted by atomic mass is 19.3. The summed E-state index contributed by atoms with van der Waals surface area (Å²) in [6.45, 7) is 0.263. The third-order valence-electron chi connectivity index (χ3n) is 5.60. The molecule has 0 bridgehead atoms. The van der Waals surface area contributed by atoms with E-state index < -0.39 is 24.6 Å². The first-order valence-electron chi connectivity index (χ1n) is 11.3. The Hall–Kier alpha value is -4.22. The van der Waals surface area contributed by atoms with Gasteiger partial charge in [0.15, 0.2) is 0 Å². The number of pyridine rings is 2. The summed E-state index contributed by atoms with van der Waals surface area (Å²) in [7, 11) is 4.29. The van der Waals surface area contributed by atoms with E-state index in [1.165, 1.54) is 45.7 Å². The van der Waals surface area contributed by atoms with Crippen molar-refractivity contribution < 1.29 is 32.2 Å². The number of esters is 1. The lowest BCUT2D eigenvalue weighted by molar-refractivity contribution is 0.0601. The smallest absolute Gasteiger partial charge is 0.341 e. The van der Waals surface area contributed by atoms with E-state index in [1.807, 2.05) is 0 Å². The summed E-state index contributed by atoms with van der Waals surface area (Å²) in [5.74, 6) is 1.05. The van der Waals surface area contributed by atoms with Crippen molar-refractivity contribution >= 4 is 29.1 Å². The van der Waals surface area contributed by atoms with Crippen molar-refractivity contribution in [1.82, 2.24) is 9.97 Å². The third kappa shape index (κ3) is 6.51. The number of nitrogens with one attached hydrogen (secondary N) is 3. The normalized spacial score (nSPS) is 16.2. The summed E-state index contributed by atoms with van der Waals surface area (Å²) in [5.41, 5.74) is 0.963. The summed E-state index contributed by atoms with van der Waals surface area (Å²) in [6, 6.07) is 8.80. The molecule has 0 unspecified atom stereocenters. The maximum atomic E-state index is 13.6. The highest BCUT2D eigenvalue weighted by molar-refractivity contribution is 5.96. The van der Waals surface area contributed by atoms with E-state index in [9.17, 15) is 18.0 Å². The van der Waals surface area contributed by atoms with Crippen LogP contribution in [-0.4, -0.2) is 49.5 Å². The van der Waals surface area contributed by atoms with Crippen molar-refractivity contribution in [3.63, 3.8) is 0 Å². The summed E-state index contributed by atoms with van der Waals surface area (Å²) >= 11 is 0. The van der Waals surface area contributed by atoms with Crippen molar-refractivity contribution in [1.29, 1.82) is 0 Å². The first-order chi connectivity index (χ1) is 17.8. The number of alkyl halides is 3. The molecular weight excluding hydrogens is 491 g/mol. The van der Waals surface area contributed by atoms with Gasteiger partial charge in [0.2, 0.25) is 0 Å². The number of carbonyl (C=O) groups is 1. The molecule has 0 saturated heterocycles. The van der Waals surface area contributed by atoms with Crippen LogP contribution in [0.2, 0.25) is 0 Å². The van der Waals surface area contributed by atoms with Crippen LogP contribution in [0.4, 0.5) is 36.3 Å². The molecule has 1 aliphatic rings. The highest BCUT2D eigenvalue weighted by Gasteiger charge is 2.38. The van der Waals surface area contributed by atoms with E-state index in [0.717, 1.165) is 5.56 Å². The molecule has 2 aromatic heterocycles. The predicted octanol–water partition coefficient (Wildman–Crippen LogP) is 5.10. The number of rotatable bonds is 11. The fourth-order valence-electron chi connectivity index (χ4n) is 3.55. The number of hydrogen-bond acceptors (Lipinski definition) is 9. The van der Waals surface area contributed by atoms with Crippen LogP contribution >= 0.6 is 0 Å². The Morgan fingerprint density at radius 3 is 2.30 bits per heavy atom.